The molecule has 0 unspecified atom stereocenters. The first-order chi connectivity index (χ1) is 6.56. The van der Waals surface area contributed by atoms with Crippen LogP contribution in [0, 0.1) is 0 Å². The van der Waals surface area contributed by atoms with Crippen LogP contribution in [0.25, 0.3) is 0 Å². The summed E-state index contributed by atoms with van der Waals surface area (Å²) in [5.41, 5.74) is -0.131. The smallest absolute Gasteiger partial charge is 0.337 e. The topological polar surface area (TPSA) is 66.7 Å². The molecule has 0 aliphatic heterocycles. The van der Waals surface area contributed by atoms with Gasteiger partial charge < -0.3 is 5.11 Å². The lowest BCUT2D eigenvalue weighted by Gasteiger charge is -2.01. The maximum Gasteiger partial charge on any atom is 0.337 e. The fourth-order valence-corrected chi connectivity index (χ4v) is 1.34. The Morgan fingerprint density at radius 3 is 2.50 bits per heavy atom. The van der Waals surface area contributed by atoms with Crippen molar-refractivity contribution in [2.24, 2.45) is 4.99 Å². The van der Waals surface area contributed by atoms with Crippen LogP contribution in [0.5, 0.6) is 0 Å². The van der Waals surface area contributed by atoms with Crippen molar-refractivity contribution >= 4 is 40.9 Å². The number of benzene rings is 1. The van der Waals surface area contributed by atoms with Gasteiger partial charge in [0.15, 0.2) is 0 Å². The van der Waals surface area contributed by atoms with E-state index in [9.17, 15) is 9.59 Å². The first-order valence-electron chi connectivity index (χ1n) is 3.36. The van der Waals surface area contributed by atoms with E-state index in [0.29, 0.717) is 0 Å². The Labute approximate surface area is 88.8 Å². The maximum atomic E-state index is 10.6. The molecule has 0 heterocycles. The van der Waals surface area contributed by atoms with Gasteiger partial charge in [0, 0.05) is 0 Å². The van der Waals surface area contributed by atoms with E-state index in [1.165, 1.54) is 12.1 Å². The summed E-state index contributed by atoms with van der Waals surface area (Å²) in [6, 6.07) is 2.32. The summed E-state index contributed by atoms with van der Waals surface area (Å²) in [4.78, 5) is 23.8. The third-order valence-electron chi connectivity index (χ3n) is 1.43. The van der Waals surface area contributed by atoms with E-state index in [-0.39, 0.29) is 21.3 Å². The van der Waals surface area contributed by atoms with Crippen molar-refractivity contribution in [1.82, 2.24) is 0 Å². The number of aromatic carboxylic acids is 1. The van der Waals surface area contributed by atoms with Gasteiger partial charge in [0.1, 0.15) is 0 Å². The van der Waals surface area contributed by atoms with Crippen LogP contribution in [0.2, 0.25) is 10.0 Å². The molecule has 6 heteroatoms. The van der Waals surface area contributed by atoms with Crippen molar-refractivity contribution in [3.63, 3.8) is 0 Å². The highest BCUT2D eigenvalue weighted by molar-refractivity contribution is 6.37. The van der Waals surface area contributed by atoms with Crippen molar-refractivity contribution in [1.29, 1.82) is 0 Å². The third kappa shape index (κ3) is 2.12. The molecule has 72 valence electrons. The van der Waals surface area contributed by atoms with Crippen molar-refractivity contribution in [2.75, 3.05) is 0 Å². The van der Waals surface area contributed by atoms with Crippen LogP contribution in [-0.2, 0) is 4.79 Å². The molecule has 0 saturated carbocycles. The monoisotopic (exact) mass is 231 g/mol. The standard InChI is InChI=1S/C8H3Cl2NO3/c9-5-2-6(10)7(11-3-12)1-4(5)8(13)14/h1-2H,(H,13,14). The second-order valence-electron chi connectivity index (χ2n) is 2.29. The summed E-state index contributed by atoms with van der Waals surface area (Å²) in [5.74, 6) is -1.21. The van der Waals surface area contributed by atoms with E-state index >= 15 is 0 Å². The summed E-state index contributed by atoms with van der Waals surface area (Å²) in [5, 5.41) is 8.77. The van der Waals surface area contributed by atoms with Crippen LogP contribution < -0.4 is 0 Å². The zero-order valence-corrected chi connectivity index (χ0v) is 8.13. The molecular formula is C8H3Cl2NO3. The summed E-state index contributed by atoms with van der Waals surface area (Å²) < 4.78 is 0. The molecule has 0 bridgehead atoms. The molecule has 1 rings (SSSR count). The number of carboxylic acid groups (broad SMARTS) is 1. The van der Waals surface area contributed by atoms with Gasteiger partial charge in [-0.3, -0.25) is 0 Å². The van der Waals surface area contributed by atoms with E-state index in [1.807, 2.05) is 0 Å². The molecule has 0 aliphatic carbocycles. The third-order valence-corrected chi connectivity index (χ3v) is 2.05. The van der Waals surface area contributed by atoms with Crippen molar-refractivity contribution < 1.29 is 14.7 Å². The first kappa shape index (κ1) is 10.7. The Kier molecular flexibility index (Phi) is 3.25. The lowest BCUT2D eigenvalue weighted by Crippen LogP contribution is -1.96. The average molecular weight is 232 g/mol. The predicted molar refractivity (Wildman–Crippen MR) is 51.2 cm³/mol. The van der Waals surface area contributed by atoms with Crippen LogP contribution in [0.3, 0.4) is 0 Å². The molecular weight excluding hydrogens is 229 g/mol. The van der Waals surface area contributed by atoms with Crippen molar-refractivity contribution in [3.8, 4) is 0 Å². The molecule has 0 radical (unpaired) electrons. The summed E-state index contributed by atoms with van der Waals surface area (Å²) in [6.07, 6.45) is 1.26. The lowest BCUT2D eigenvalue weighted by molar-refractivity contribution is 0.0697. The number of carbonyl (C=O) groups excluding carboxylic acids is 1. The summed E-state index contributed by atoms with van der Waals surface area (Å²) in [6.45, 7) is 0. The van der Waals surface area contributed by atoms with E-state index in [0.717, 1.165) is 6.07 Å². The largest absolute Gasteiger partial charge is 0.478 e. The lowest BCUT2D eigenvalue weighted by atomic mass is 10.2. The molecule has 0 fully saturated rings. The highest BCUT2D eigenvalue weighted by atomic mass is 35.5. The highest BCUT2D eigenvalue weighted by Crippen LogP contribution is 2.30. The molecule has 1 aromatic carbocycles. The van der Waals surface area contributed by atoms with E-state index in [1.54, 1.807) is 0 Å². The number of isocyanates is 1. The fraction of sp³-hybridized carbons (Fsp3) is 0. The minimum atomic E-state index is -1.21. The average Bonchev–Trinajstić information content (AvgIpc) is 2.09. The molecule has 0 spiro atoms. The van der Waals surface area contributed by atoms with Gasteiger partial charge in [0.05, 0.1) is 21.3 Å². The molecule has 0 saturated heterocycles. The zero-order chi connectivity index (χ0) is 10.7. The van der Waals surface area contributed by atoms with Gasteiger partial charge in [0.2, 0.25) is 6.08 Å². The van der Waals surface area contributed by atoms with E-state index < -0.39 is 5.97 Å². The normalized spacial score (nSPS) is 9.29. The van der Waals surface area contributed by atoms with Crippen LogP contribution in [0.1, 0.15) is 10.4 Å². The number of halogens is 2. The van der Waals surface area contributed by atoms with Gasteiger partial charge in [-0.15, -0.1) is 0 Å². The number of rotatable bonds is 2. The minimum Gasteiger partial charge on any atom is -0.478 e. The Bertz CT molecular complexity index is 415. The number of nitrogens with zero attached hydrogens (tertiary/aromatic N) is 1. The second kappa shape index (κ2) is 4.24. The Hall–Kier alpha value is -1.35. The minimum absolute atomic E-state index is 0.00708. The van der Waals surface area contributed by atoms with Crippen molar-refractivity contribution in [3.05, 3.63) is 27.7 Å². The van der Waals surface area contributed by atoms with Gasteiger partial charge in [-0.2, -0.15) is 4.99 Å². The van der Waals surface area contributed by atoms with Gasteiger partial charge in [-0.05, 0) is 12.1 Å². The number of carbonyl (C=O) groups is 1. The Morgan fingerprint density at radius 2 is 2.00 bits per heavy atom. The molecule has 0 aromatic heterocycles. The van der Waals surface area contributed by atoms with Crippen LogP contribution in [-0.4, -0.2) is 17.2 Å². The number of carboxylic acids is 1. The highest BCUT2D eigenvalue weighted by Gasteiger charge is 2.12. The molecule has 14 heavy (non-hydrogen) atoms. The fourth-order valence-electron chi connectivity index (χ4n) is 0.836. The van der Waals surface area contributed by atoms with E-state index in [2.05, 4.69) is 4.99 Å². The first-order valence-corrected chi connectivity index (χ1v) is 4.12. The molecule has 1 N–H and O–H groups in total. The van der Waals surface area contributed by atoms with Gasteiger partial charge >= 0.3 is 5.97 Å². The van der Waals surface area contributed by atoms with Crippen LogP contribution in [0.15, 0.2) is 17.1 Å². The maximum absolute atomic E-state index is 10.6. The molecule has 0 atom stereocenters. The zero-order valence-electron chi connectivity index (χ0n) is 6.62. The molecule has 4 nitrogen and oxygen atoms in total. The van der Waals surface area contributed by atoms with Gasteiger partial charge in [-0.1, -0.05) is 23.2 Å². The Balaban J connectivity index is 3.41. The van der Waals surface area contributed by atoms with Crippen LogP contribution >= 0.6 is 23.2 Å². The molecule has 1 aromatic rings. The number of hydrogen-bond acceptors (Lipinski definition) is 3. The van der Waals surface area contributed by atoms with Gasteiger partial charge in [0.25, 0.3) is 0 Å². The number of aliphatic imine (C=N–C) groups is 1. The SMILES string of the molecule is O=C=Nc1cc(C(=O)O)c(Cl)cc1Cl. The Morgan fingerprint density at radius 1 is 1.36 bits per heavy atom. The summed E-state index contributed by atoms with van der Waals surface area (Å²) >= 11 is 11.2. The van der Waals surface area contributed by atoms with Gasteiger partial charge in [-0.25, -0.2) is 9.59 Å². The van der Waals surface area contributed by atoms with Crippen molar-refractivity contribution in [2.45, 2.75) is 0 Å². The number of hydrogen-bond donors (Lipinski definition) is 1. The summed E-state index contributed by atoms with van der Waals surface area (Å²) in [7, 11) is 0. The molecule has 0 aliphatic rings. The van der Waals surface area contributed by atoms with Crippen LogP contribution in [0.4, 0.5) is 5.69 Å². The molecule has 0 amide bonds. The van der Waals surface area contributed by atoms with E-state index in [4.69, 9.17) is 28.3 Å². The second-order valence-corrected chi connectivity index (χ2v) is 3.11. The predicted octanol–water partition coefficient (Wildman–Crippen LogP) is 2.66. The quantitative estimate of drug-likeness (QED) is 0.629.